The average molecular weight is 201 g/mol. The SMILES string of the molecule is COC(=O)c1c[c]cc(OC(F)F)c1. The van der Waals surface area contributed by atoms with Crippen LogP contribution in [0.25, 0.3) is 0 Å². The number of halogens is 2. The molecule has 1 aromatic carbocycles. The van der Waals surface area contributed by atoms with E-state index in [1.807, 2.05) is 0 Å². The van der Waals surface area contributed by atoms with Gasteiger partial charge in [0.25, 0.3) is 0 Å². The van der Waals surface area contributed by atoms with Crippen LogP contribution in [0.2, 0.25) is 0 Å². The van der Waals surface area contributed by atoms with Crippen LogP contribution < -0.4 is 4.74 Å². The molecule has 75 valence electrons. The lowest BCUT2D eigenvalue weighted by Gasteiger charge is -2.04. The molecule has 0 aliphatic carbocycles. The summed E-state index contributed by atoms with van der Waals surface area (Å²) in [6, 6.07) is 6.18. The van der Waals surface area contributed by atoms with Gasteiger partial charge in [0, 0.05) is 0 Å². The van der Waals surface area contributed by atoms with Gasteiger partial charge in [-0.3, -0.25) is 0 Å². The summed E-state index contributed by atoms with van der Waals surface area (Å²) >= 11 is 0. The Kier molecular flexibility index (Phi) is 3.39. The van der Waals surface area contributed by atoms with Crippen molar-refractivity contribution in [1.82, 2.24) is 0 Å². The summed E-state index contributed by atoms with van der Waals surface area (Å²) in [6.07, 6.45) is 0. The van der Waals surface area contributed by atoms with Gasteiger partial charge in [-0.25, -0.2) is 4.79 Å². The Balaban J connectivity index is 2.84. The van der Waals surface area contributed by atoms with Crippen molar-refractivity contribution in [3.05, 3.63) is 29.8 Å². The van der Waals surface area contributed by atoms with Crippen LogP contribution in [-0.2, 0) is 4.74 Å². The van der Waals surface area contributed by atoms with E-state index in [-0.39, 0.29) is 11.3 Å². The van der Waals surface area contributed by atoms with Gasteiger partial charge >= 0.3 is 12.6 Å². The molecule has 0 heterocycles. The van der Waals surface area contributed by atoms with Crippen molar-refractivity contribution in [2.45, 2.75) is 6.61 Å². The highest BCUT2D eigenvalue weighted by Crippen LogP contribution is 2.15. The molecule has 5 heteroatoms. The molecule has 0 atom stereocenters. The van der Waals surface area contributed by atoms with Crippen LogP contribution >= 0.6 is 0 Å². The van der Waals surface area contributed by atoms with E-state index < -0.39 is 12.6 Å². The maximum Gasteiger partial charge on any atom is 0.387 e. The van der Waals surface area contributed by atoms with E-state index in [9.17, 15) is 13.6 Å². The van der Waals surface area contributed by atoms with E-state index in [0.717, 1.165) is 6.07 Å². The van der Waals surface area contributed by atoms with Crippen molar-refractivity contribution >= 4 is 5.97 Å². The first-order valence-electron chi connectivity index (χ1n) is 3.67. The highest BCUT2D eigenvalue weighted by atomic mass is 19.3. The number of hydrogen-bond acceptors (Lipinski definition) is 3. The molecular formula is C9H7F2O3. The summed E-state index contributed by atoms with van der Waals surface area (Å²) in [6.45, 7) is -2.92. The van der Waals surface area contributed by atoms with Crippen molar-refractivity contribution in [2.75, 3.05) is 7.11 Å². The first-order valence-corrected chi connectivity index (χ1v) is 3.67. The zero-order chi connectivity index (χ0) is 10.6. The van der Waals surface area contributed by atoms with E-state index in [1.165, 1.54) is 19.2 Å². The van der Waals surface area contributed by atoms with Gasteiger partial charge in [-0.05, 0) is 24.3 Å². The number of methoxy groups -OCH3 is 1. The number of carbonyl (C=O) groups excluding carboxylic acids is 1. The predicted molar refractivity (Wildman–Crippen MR) is 43.2 cm³/mol. The zero-order valence-corrected chi connectivity index (χ0v) is 7.29. The van der Waals surface area contributed by atoms with Crippen molar-refractivity contribution < 1.29 is 23.0 Å². The minimum absolute atomic E-state index is 0.116. The Labute approximate surface area is 79.2 Å². The Morgan fingerprint density at radius 3 is 2.79 bits per heavy atom. The molecular weight excluding hydrogens is 194 g/mol. The number of carbonyl (C=O) groups is 1. The largest absolute Gasteiger partial charge is 0.465 e. The quantitative estimate of drug-likeness (QED) is 0.700. The molecule has 0 spiro atoms. The fourth-order valence-corrected chi connectivity index (χ4v) is 0.857. The Morgan fingerprint density at radius 2 is 2.21 bits per heavy atom. The number of ether oxygens (including phenoxy) is 2. The topological polar surface area (TPSA) is 35.5 Å². The molecule has 0 fully saturated rings. The molecule has 0 N–H and O–H groups in total. The smallest absolute Gasteiger partial charge is 0.387 e. The van der Waals surface area contributed by atoms with E-state index in [4.69, 9.17) is 0 Å². The van der Waals surface area contributed by atoms with Crippen LogP contribution in [0.15, 0.2) is 18.2 Å². The van der Waals surface area contributed by atoms with Gasteiger partial charge in [-0.2, -0.15) is 8.78 Å². The number of alkyl halides is 2. The molecule has 3 nitrogen and oxygen atoms in total. The number of benzene rings is 1. The van der Waals surface area contributed by atoms with Gasteiger partial charge in [-0.15, -0.1) is 0 Å². The third-order valence-corrected chi connectivity index (χ3v) is 1.41. The molecule has 0 saturated heterocycles. The molecule has 1 radical (unpaired) electrons. The predicted octanol–water partition coefficient (Wildman–Crippen LogP) is 1.87. The van der Waals surface area contributed by atoms with E-state index in [0.29, 0.717) is 0 Å². The maximum atomic E-state index is 11.8. The van der Waals surface area contributed by atoms with Gasteiger partial charge in [0.15, 0.2) is 0 Å². The maximum absolute atomic E-state index is 11.8. The van der Waals surface area contributed by atoms with E-state index in [1.54, 1.807) is 0 Å². The lowest BCUT2D eigenvalue weighted by molar-refractivity contribution is -0.0499. The molecule has 1 aromatic rings. The second-order valence-electron chi connectivity index (χ2n) is 2.33. The van der Waals surface area contributed by atoms with Gasteiger partial charge < -0.3 is 9.47 Å². The standard InChI is InChI=1S/C9H7F2O3/c1-13-8(12)6-3-2-4-7(5-6)14-9(10)11/h3-5,9H,1H3. The molecule has 1 rings (SSSR count). The lowest BCUT2D eigenvalue weighted by atomic mass is 10.2. The monoisotopic (exact) mass is 201 g/mol. The highest BCUT2D eigenvalue weighted by molar-refractivity contribution is 5.89. The first-order chi connectivity index (χ1) is 6.63. The summed E-state index contributed by atoms with van der Waals surface area (Å²) in [5.74, 6) is -0.746. The Hall–Kier alpha value is -1.65. The van der Waals surface area contributed by atoms with Crippen LogP contribution in [0.3, 0.4) is 0 Å². The van der Waals surface area contributed by atoms with Crippen LogP contribution in [-0.4, -0.2) is 19.7 Å². The summed E-state index contributed by atoms with van der Waals surface area (Å²) in [7, 11) is 1.20. The van der Waals surface area contributed by atoms with E-state index >= 15 is 0 Å². The van der Waals surface area contributed by atoms with Crippen LogP contribution in [0.1, 0.15) is 10.4 Å². The summed E-state index contributed by atoms with van der Waals surface area (Å²) in [5, 5.41) is 0. The van der Waals surface area contributed by atoms with Gasteiger partial charge in [0.05, 0.1) is 12.7 Å². The second kappa shape index (κ2) is 4.55. The second-order valence-corrected chi connectivity index (χ2v) is 2.33. The number of esters is 1. The van der Waals surface area contributed by atoms with Crippen LogP contribution in [0.4, 0.5) is 8.78 Å². The van der Waals surface area contributed by atoms with Gasteiger partial charge in [0.2, 0.25) is 0 Å². The molecule has 0 amide bonds. The summed E-state index contributed by atoms with van der Waals surface area (Å²) < 4.78 is 32.0. The minimum Gasteiger partial charge on any atom is -0.465 e. The lowest BCUT2D eigenvalue weighted by Crippen LogP contribution is -2.05. The third kappa shape index (κ3) is 2.69. The molecule has 0 aliphatic rings. The fourth-order valence-electron chi connectivity index (χ4n) is 0.857. The first kappa shape index (κ1) is 10.4. The molecule has 0 aliphatic heterocycles. The minimum atomic E-state index is -2.92. The van der Waals surface area contributed by atoms with Crippen molar-refractivity contribution in [3.8, 4) is 5.75 Å². The number of rotatable bonds is 3. The van der Waals surface area contributed by atoms with Crippen LogP contribution in [0.5, 0.6) is 5.75 Å². The average Bonchev–Trinajstić information content (AvgIpc) is 2.16. The molecule has 0 aromatic heterocycles. The highest BCUT2D eigenvalue weighted by Gasteiger charge is 2.09. The zero-order valence-electron chi connectivity index (χ0n) is 7.29. The summed E-state index contributed by atoms with van der Waals surface area (Å²) in [5.41, 5.74) is 0.116. The van der Waals surface area contributed by atoms with Crippen molar-refractivity contribution in [1.29, 1.82) is 0 Å². The normalized spacial score (nSPS) is 10.0. The molecule has 0 unspecified atom stereocenters. The molecule has 0 bridgehead atoms. The fraction of sp³-hybridized carbons (Fsp3) is 0.222. The Morgan fingerprint density at radius 1 is 1.50 bits per heavy atom. The van der Waals surface area contributed by atoms with Crippen LogP contribution in [0, 0.1) is 6.07 Å². The third-order valence-electron chi connectivity index (χ3n) is 1.41. The number of hydrogen-bond donors (Lipinski definition) is 0. The summed E-state index contributed by atoms with van der Waals surface area (Å²) in [4.78, 5) is 11.0. The van der Waals surface area contributed by atoms with Gasteiger partial charge in [0.1, 0.15) is 5.75 Å². The van der Waals surface area contributed by atoms with E-state index in [2.05, 4.69) is 15.5 Å². The molecule has 0 saturated carbocycles. The molecule has 14 heavy (non-hydrogen) atoms. The van der Waals surface area contributed by atoms with Gasteiger partial charge in [-0.1, -0.05) is 0 Å². The Bertz CT molecular complexity index is 326. The van der Waals surface area contributed by atoms with Crippen molar-refractivity contribution in [3.63, 3.8) is 0 Å². The van der Waals surface area contributed by atoms with Crippen molar-refractivity contribution in [2.24, 2.45) is 0 Å².